The molecule has 1 N–H and O–H groups in total. The van der Waals surface area contributed by atoms with Crippen LogP contribution in [0.3, 0.4) is 0 Å². The van der Waals surface area contributed by atoms with Crippen LogP contribution in [0.25, 0.3) is 0 Å². The highest BCUT2D eigenvalue weighted by Crippen LogP contribution is 2.29. The lowest BCUT2D eigenvalue weighted by atomic mass is 9.88. The summed E-state index contributed by atoms with van der Waals surface area (Å²) in [6, 6.07) is 7.51. The zero-order valence-corrected chi connectivity index (χ0v) is 17.8. The molecule has 30 heavy (non-hydrogen) atoms. The summed E-state index contributed by atoms with van der Waals surface area (Å²) in [5, 5.41) is 3.03. The molecular formula is C24H33N3O3. The molecular weight excluding hydrogens is 378 g/mol. The van der Waals surface area contributed by atoms with Crippen molar-refractivity contribution in [3.05, 3.63) is 29.8 Å². The van der Waals surface area contributed by atoms with Crippen LogP contribution < -0.4 is 10.2 Å². The van der Waals surface area contributed by atoms with Gasteiger partial charge in [0.25, 0.3) is 0 Å². The highest BCUT2D eigenvalue weighted by Gasteiger charge is 2.37. The normalized spacial score (nSPS) is 22.9. The van der Waals surface area contributed by atoms with E-state index in [1.54, 1.807) is 0 Å². The Labute approximate surface area is 179 Å². The largest absolute Gasteiger partial charge is 0.350 e. The van der Waals surface area contributed by atoms with Gasteiger partial charge < -0.3 is 15.1 Å². The molecule has 4 rings (SSSR count). The van der Waals surface area contributed by atoms with E-state index in [4.69, 9.17) is 0 Å². The Hall–Kier alpha value is -2.37. The van der Waals surface area contributed by atoms with Crippen molar-refractivity contribution in [1.29, 1.82) is 0 Å². The fourth-order valence-corrected chi connectivity index (χ4v) is 5.11. The van der Waals surface area contributed by atoms with Crippen LogP contribution in [0.5, 0.6) is 0 Å². The van der Waals surface area contributed by atoms with Crippen LogP contribution in [0.15, 0.2) is 24.3 Å². The Kier molecular flexibility index (Phi) is 6.70. The van der Waals surface area contributed by atoms with Crippen molar-refractivity contribution in [2.45, 2.75) is 76.8 Å². The van der Waals surface area contributed by atoms with Crippen molar-refractivity contribution in [1.82, 2.24) is 10.2 Å². The number of nitrogens with zero attached hydrogens (tertiary/aromatic N) is 2. The number of amides is 3. The van der Waals surface area contributed by atoms with E-state index in [1.807, 2.05) is 34.1 Å². The van der Waals surface area contributed by atoms with Gasteiger partial charge in [-0.3, -0.25) is 14.4 Å². The fourth-order valence-electron chi connectivity index (χ4n) is 5.11. The molecule has 3 aliphatic rings. The maximum atomic E-state index is 12.9. The van der Waals surface area contributed by atoms with Crippen LogP contribution in [0.1, 0.15) is 69.8 Å². The first-order valence-corrected chi connectivity index (χ1v) is 11.6. The van der Waals surface area contributed by atoms with Gasteiger partial charge in [-0.25, -0.2) is 0 Å². The van der Waals surface area contributed by atoms with Crippen molar-refractivity contribution in [3.8, 4) is 0 Å². The van der Waals surface area contributed by atoms with E-state index >= 15 is 0 Å². The highest BCUT2D eigenvalue weighted by atomic mass is 16.2. The first kappa shape index (κ1) is 20.9. The summed E-state index contributed by atoms with van der Waals surface area (Å²) in [5.74, 6) is 0.394. The number of piperidine rings is 1. The summed E-state index contributed by atoms with van der Waals surface area (Å²) in [6.07, 6.45) is 9.62. The minimum atomic E-state index is -0.341. The van der Waals surface area contributed by atoms with Gasteiger partial charge >= 0.3 is 0 Å². The summed E-state index contributed by atoms with van der Waals surface area (Å²) in [7, 11) is 0. The molecule has 1 atom stereocenters. The lowest BCUT2D eigenvalue weighted by Crippen LogP contribution is -2.48. The van der Waals surface area contributed by atoms with Gasteiger partial charge in [0.1, 0.15) is 6.04 Å². The molecule has 0 bridgehead atoms. The Morgan fingerprint density at radius 2 is 1.80 bits per heavy atom. The second kappa shape index (κ2) is 9.63. The van der Waals surface area contributed by atoms with Gasteiger partial charge in [0.05, 0.1) is 0 Å². The maximum Gasteiger partial charge on any atom is 0.243 e. The third kappa shape index (κ3) is 4.68. The van der Waals surface area contributed by atoms with E-state index in [-0.39, 0.29) is 29.7 Å². The SMILES string of the molecule is O=C(NCc1cccc(N2CCCCC2=O)c1)C1CCCN1C(=O)C1CCCCC1. The number of carbonyl (C=O) groups is 3. The number of anilines is 1. The van der Waals surface area contributed by atoms with Crippen molar-refractivity contribution in [2.24, 2.45) is 5.92 Å². The highest BCUT2D eigenvalue weighted by molar-refractivity contribution is 5.94. The van der Waals surface area contributed by atoms with Crippen LogP contribution in [-0.4, -0.2) is 41.8 Å². The second-order valence-corrected chi connectivity index (χ2v) is 8.91. The first-order chi connectivity index (χ1) is 14.6. The van der Waals surface area contributed by atoms with Gasteiger partial charge in [-0.15, -0.1) is 0 Å². The summed E-state index contributed by atoms with van der Waals surface area (Å²) in [4.78, 5) is 41.7. The van der Waals surface area contributed by atoms with Gasteiger partial charge in [-0.05, 0) is 56.2 Å². The third-order valence-corrected chi connectivity index (χ3v) is 6.81. The van der Waals surface area contributed by atoms with Crippen LogP contribution in [0, 0.1) is 5.92 Å². The van der Waals surface area contributed by atoms with Gasteiger partial charge in [0.2, 0.25) is 17.7 Å². The molecule has 2 aliphatic heterocycles. The first-order valence-electron chi connectivity index (χ1n) is 11.6. The smallest absolute Gasteiger partial charge is 0.243 e. The molecule has 3 fully saturated rings. The average molecular weight is 412 g/mol. The van der Waals surface area contributed by atoms with Crippen LogP contribution in [-0.2, 0) is 20.9 Å². The van der Waals surface area contributed by atoms with E-state index in [0.717, 1.165) is 69.2 Å². The zero-order chi connectivity index (χ0) is 20.9. The molecule has 2 saturated heterocycles. The molecule has 0 aromatic heterocycles. The van der Waals surface area contributed by atoms with Crippen molar-refractivity contribution in [2.75, 3.05) is 18.0 Å². The van der Waals surface area contributed by atoms with Crippen molar-refractivity contribution >= 4 is 23.4 Å². The van der Waals surface area contributed by atoms with E-state index < -0.39 is 0 Å². The lowest BCUT2D eigenvalue weighted by Gasteiger charge is -2.30. The average Bonchev–Trinajstić information content (AvgIpc) is 3.28. The van der Waals surface area contributed by atoms with Gasteiger partial charge in [0, 0.05) is 37.7 Å². The third-order valence-electron chi connectivity index (χ3n) is 6.81. The van der Waals surface area contributed by atoms with Gasteiger partial charge in [-0.2, -0.15) is 0 Å². The second-order valence-electron chi connectivity index (χ2n) is 8.91. The number of hydrogen-bond donors (Lipinski definition) is 1. The molecule has 0 radical (unpaired) electrons. The van der Waals surface area contributed by atoms with Crippen molar-refractivity contribution < 1.29 is 14.4 Å². The standard InChI is InChI=1S/C24H33N3O3/c28-22-13-4-5-14-26(22)20-11-6-8-18(16-20)17-25-23(29)21-12-7-15-27(21)24(30)19-9-2-1-3-10-19/h6,8,11,16,19,21H,1-5,7,9-10,12-15,17H2,(H,25,29). The monoisotopic (exact) mass is 411 g/mol. The van der Waals surface area contributed by atoms with Gasteiger partial charge in [-0.1, -0.05) is 31.4 Å². The molecule has 1 aliphatic carbocycles. The van der Waals surface area contributed by atoms with Crippen LogP contribution in [0.2, 0.25) is 0 Å². The molecule has 1 aromatic rings. The predicted octanol–water partition coefficient (Wildman–Crippen LogP) is 3.39. The molecule has 1 saturated carbocycles. The Balaban J connectivity index is 1.35. The van der Waals surface area contributed by atoms with Gasteiger partial charge in [0.15, 0.2) is 0 Å². The number of hydrogen-bond acceptors (Lipinski definition) is 3. The minimum Gasteiger partial charge on any atom is -0.350 e. The Morgan fingerprint density at radius 3 is 2.60 bits per heavy atom. The van der Waals surface area contributed by atoms with E-state index in [9.17, 15) is 14.4 Å². The molecule has 6 heteroatoms. The molecule has 6 nitrogen and oxygen atoms in total. The van der Waals surface area contributed by atoms with E-state index in [0.29, 0.717) is 19.5 Å². The molecule has 1 unspecified atom stereocenters. The molecule has 1 aromatic carbocycles. The van der Waals surface area contributed by atoms with Crippen LogP contribution in [0.4, 0.5) is 5.69 Å². The quantitative estimate of drug-likeness (QED) is 0.807. The minimum absolute atomic E-state index is 0.0592. The summed E-state index contributed by atoms with van der Waals surface area (Å²) in [5.41, 5.74) is 1.88. The fraction of sp³-hybridized carbons (Fsp3) is 0.625. The number of likely N-dealkylation sites (tertiary alicyclic amines) is 1. The number of rotatable bonds is 5. The van der Waals surface area contributed by atoms with E-state index in [1.165, 1.54) is 6.42 Å². The Morgan fingerprint density at radius 1 is 0.967 bits per heavy atom. The summed E-state index contributed by atoms with van der Waals surface area (Å²) < 4.78 is 0. The molecule has 0 spiro atoms. The van der Waals surface area contributed by atoms with E-state index in [2.05, 4.69) is 5.32 Å². The molecule has 2 heterocycles. The lowest BCUT2D eigenvalue weighted by molar-refractivity contribution is -0.142. The Bertz CT molecular complexity index is 788. The summed E-state index contributed by atoms with van der Waals surface area (Å²) in [6.45, 7) is 1.87. The number of carbonyl (C=O) groups excluding carboxylic acids is 3. The number of nitrogens with one attached hydrogen (secondary N) is 1. The summed E-state index contributed by atoms with van der Waals surface area (Å²) >= 11 is 0. The predicted molar refractivity (Wildman–Crippen MR) is 116 cm³/mol. The van der Waals surface area contributed by atoms with Crippen LogP contribution >= 0.6 is 0 Å². The topological polar surface area (TPSA) is 69.7 Å². The molecule has 162 valence electrons. The zero-order valence-electron chi connectivity index (χ0n) is 17.8. The maximum absolute atomic E-state index is 12.9. The molecule has 3 amide bonds. The number of benzene rings is 1. The van der Waals surface area contributed by atoms with Crippen molar-refractivity contribution in [3.63, 3.8) is 0 Å².